The Morgan fingerprint density at radius 1 is 0.474 bits per heavy atom. The number of rotatable bonds is 29. The van der Waals surface area contributed by atoms with E-state index in [4.69, 9.17) is 44.7 Å². The van der Waals surface area contributed by atoms with Crippen molar-refractivity contribution in [2.24, 2.45) is 29.6 Å². The second-order valence-electron chi connectivity index (χ2n) is 30.9. The van der Waals surface area contributed by atoms with Crippen LogP contribution in [0.5, 0.6) is 0 Å². The molecule has 6 aromatic carbocycles. The monoisotopic (exact) mass is 1590 g/mol. The molecule has 0 spiro atoms. The van der Waals surface area contributed by atoms with E-state index in [1.54, 1.807) is 14.2 Å². The van der Waals surface area contributed by atoms with Crippen molar-refractivity contribution in [1.82, 2.24) is 29.4 Å². The van der Waals surface area contributed by atoms with Gasteiger partial charge in [-0.25, -0.2) is 0 Å². The summed E-state index contributed by atoms with van der Waals surface area (Å²) in [6.45, 7) is 29.7. The van der Waals surface area contributed by atoms with Gasteiger partial charge in [0.2, 0.25) is 0 Å². The van der Waals surface area contributed by atoms with Crippen molar-refractivity contribution >= 4 is 17.9 Å². The standard InChI is InChI=1S/C17H22N2O2.C17H25NO3.C16H22N2O.C16H23NO2.2C15H20N2O/c1-3-21-17(20)16-15(9-11-18)10-12-19(16)13(2)14-7-5-4-6-8-14;1-13(14-7-5-4-6-8-14)18-10-9-15(11-17(19)21-3)16(12-18)20-2;1-13(14-6-4-3-5-7-14)18-11-9-15(8-10-17)16(12-18)19-2;1-4-6-12-17(13-16(18)19-5-2)14(3)15-10-8-7-9-11-15;1-12(13-5-3-2-4-6-13)17-10-8-14(7-9-16)15(17)11-18;1-12(13-5-3-2-4-6-13)17-10-8-14(7-9-16)15(18)11-17/h4-8,13,15-16H,3,9-10,12H2,1-2H3;4-8,13,15-16H,9-12H2,1-3H3;3-7,13,15-16H,8-9,11-12H2,1-2H3;4,7-11,14H,1,5-6,12-13H2,2-3H3;2*2-6,12,14-15,18H,7-8,10-11H2,1H3/t13-,15+,16-;13-,15-,16-;13-,15+,16-;14-;12-,14+,15+;12-,14+,15-/m000000/s1. The van der Waals surface area contributed by atoms with E-state index < -0.39 is 0 Å². The van der Waals surface area contributed by atoms with Gasteiger partial charge >= 0.3 is 17.9 Å². The first kappa shape index (κ1) is 95.9. The summed E-state index contributed by atoms with van der Waals surface area (Å²) in [6, 6.07) is 72.5. The third kappa shape index (κ3) is 30.2. The Bertz CT molecular complexity index is 3900. The molecule has 626 valence electrons. The van der Waals surface area contributed by atoms with Crippen LogP contribution in [0.3, 0.4) is 0 Å². The lowest BCUT2D eigenvalue weighted by Crippen LogP contribution is -2.46. The van der Waals surface area contributed by atoms with E-state index in [0.717, 1.165) is 90.9 Å². The lowest BCUT2D eigenvalue weighted by molar-refractivity contribution is -0.150. The number of hydrogen-bond donors (Lipinski definition) is 2. The number of carbonyl (C=O) groups is 3. The molecule has 0 aromatic heterocycles. The van der Waals surface area contributed by atoms with Crippen LogP contribution < -0.4 is 0 Å². The highest BCUT2D eigenvalue weighted by Crippen LogP contribution is 2.38. The van der Waals surface area contributed by atoms with Gasteiger partial charge in [-0.05, 0) is 178 Å². The minimum atomic E-state index is -0.371. The third-order valence-corrected chi connectivity index (χ3v) is 24.0. The van der Waals surface area contributed by atoms with Crippen LogP contribution in [0, 0.1) is 74.9 Å². The van der Waals surface area contributed by atoms with Gasteiger partial charge in [0.15, 0.2) is 0 Å². The van der Waals surface area contributed by atoms with Crippen molar-refractivity contribution in [2.45, 2.75) is 193 Å². The molecule has 5 aliphatic heterocycles. The highest BCUT2D eigenvalue weighted by Gasteiger charge is 2.43. The average Bonchev–Trinajstić information content (AvgIpc) is 1.63. The first-order chi connectivity index (χ1) is 56.3. The van der Waals surface area contributed by atoms with E-state index in [-0.39, 0.29) is 84.7 Å². The van der Waals surface area contributed by atoms with Gasteiger partial charge in [-0.15, -0.1) is 6.58 Å². The lowest BCUT2D eigenvalue weighted by atomic mass is 9.89. The van der Waals surface area contributed by atoms with Crippen LogP contribution in [-0.2, 0) is 38.1 Å². The second-order valence-corrected chi connectivity index (χ2v) is 30.9. The fourth-order valence-electron chi connectivity index (χ4n) is 16.7. The maximum absolute atomic E-state index is 12.3. The summed E-state index contributed by atoms with van der Waals surface area (Å²) in [7, 11) is 4.92. The predicted molar refractivity (Wildman–Crippen MR) is 457 cm³/mol. The number of methoxy groups -OCH3 is 3. The Morgan fingerprint density at radius 3 is 1.25 bits per heavy atom. The molecule has 11 rings (SSSR count). The van der Waals surface area contributed by atoms with Crippen molar-refractivity contribution in [3.63, 3.8) is 0 Å². The fraction of sp³-hybridized carbons (Fsp3) is 0.531. The Balaban J connectivity index is 0.000000217. The summed E-state index contributed by atoms with van der Waals surface area (Å²) < 4.78 is 26.2. The summed E-state index contributed by atoms with van der Waals surface area (Å²) in [4.78, 5) is 49.3. The van der Waals surface area contributed by atoms with Crippen molar-refractivity contribution < 1.29 is 48.3 Å². The number of aliphatic hydroxyl groups is 2. The number of piperidine rings is 3. The van der Waals surface area contributed by atoms with E-state index in [1.807, 2.05) is 105 Å². The van der Waals surface area contributed by atoms with Crippen molar-refractivity contribution in [3.05, 3.63) is 228 Å². The quantitative estimate of drug-likeness (QED) is 0.0251. The molecule has 5 fully saturated rings. The largest absolute Gasteiger partial charge is 0.469 e. The number of benzene rings is 6. The summed E-state index contributed by atoms with van der Waals surface area (Å²) in [5, 5.41) is 55.0. The first-order valence-corrected chi connectivity index (χ1v) is 41.9. The molecule has 0 radical (unpaired) electrons. The zero-order valence-corrected chi connectivity index (χ0v) is 70.9. The Morgan fingerprint density at radius 2 is 0.836 bits per heavy atom. The zero-order chi connectivity index (χ0) is 84.2. The molecule has 2 N–H and O–H groups in total. The van der Waals surface area contributed by atoms with Gasteiger partial charge < -0.3 is 33.9 Å². The minimum absolute atomic E-state index is 0.0696. The maximum atomic E-state index is 12.3. The number of hydrogen-bond acceptors (Lipinski definition) is 20. The van der Waals surface area contributed by atoms with Crippen molar-refractivity contribution in [1.29, 1.82) is 21.0 Å². The van der Waals surface area contributed by atoms with Crippen molar-refractivity contribution in [3.8, 4) is 24.3 Å². The van der Waals surface area contributed by atoms with Crippen LogP contribution in [0.1, 0.15) is 196 Å². The Kier molecular flexibility index (Phi) is 44.1. The van der Waals surface area contributed by atoms with Gasteiger partial charge in [0, 0.05) is 120 Å². The van der Waals surface area contributed by atoms with Gasteiger partial charge in [0.25, 0.3) is 0 Å². The first-order valence-electron chi connectivity index (χ1n) is 41.9. The Labute approximate surface area is 694 Å². The van der Waals surface area contributed by atoms with Crippen LogP contribution in [0.2, 0.25) is 0 Å². The van der Waals surface area contributed by atoms with Gasteiger partial charge in [0.1, 0.15) is 6.04 Å². The molecule has 0 saturated carbocycles. The van der Waals surface area contributed by atoms with E-state index in [9.17, 15) is 24.6 Å². The van der Waals surface area contributed by atoms with Gasteiger partial charge in [-0.2, -0.15) is 21.0 Å². The molecule has 0 aliphatic carbocycles. The molecule has 6 aromatic rings. The molecule has 20 heteroatoms. The molecule has 116 heavy (non-hydrogen) atoms. The molecule has 0 unspecified atom stereocenters. The average molecular weight is 1590 g/mol. The topological polar surface area (TPSA) is 252 Å². The summed E-state index contributed by atoms with van der Waals surface area (Å²) in [6.07, 6.45) is 9.89. The number of esters is 3. The minimum Gasteiger partial charge on any atom is -0.469 e. The van der Waals surface area contributed by atoms with Crippen LogP contribution in [0.15, 0.2) is 195 Å². The highest BCUT2D eigenvalue weighted by atomic mass is 16.5. The number of likely N-dealkylation sites (tertiary alicyclic amines) is 5. The molecule has 5 saturated heterocycles. The van der Waals surface area contributed by atoms with E-state index >= 15 is 0 Å². The van der Waals surface area contributed by atoms with Gasteiger partial charge in [0.05, 0.1) is 82.5 Å². The SMILES string of the molecule is C=CCCN(CC(=O)OCC)[C@@H](C)c1ccccc1.CCOC(=O)[C@@H]1[C@H](CC#N)CCN1[C@@H](C)c1ccccc1.COC(=O)C[C@@H]1CCN([C@@H](C)c2ccccc2)C[C@@H]1OC.CO[C@H]1CN([C@@H](C)c2ccccc2)CC[C@H]1CC#N.C[C@@H](c1ccccc1)N1CC[C@@H](CC#N)[C@@H](O)C1.C[C@@H](c1ccccc1)N1CC[C@@H](CC#N)[C@H]1CO. The zero-order valence-electron chi connectivity index (χ0n) is 70.9. The van der Waals surface area contributed by atoms with Crippen LogP contribution in [-0.4, -0.2) is 195 Å². The van der Waals surface area contributed by atoms with Crippen LogP contribution in [0.4, 0.5) is 0 Å². The fourth-order valence-corrected chi connectivity index (χ4v) is 16.7. The second kappa shape index (κ2) is 53.4. The van der Waals surface area contributed by atoms with E-state index in [0.29, 0.717) is 94.4 Å². The number of carbonyl (C=O) groups excluding carboxylic acids is 3. The molecule has 20 nitrogen and oxygen atoms in total. The maximum Gasteiger partial charge on any atom is 0.323 e. The number of aliphatic hydroxyl groups excluding tert-OH is 2. The summed E-state index contributed by atoms with van der Waals surface area (Å²) in [5.74, 6) is 0.649. The van der Waals surface area contributed by atoms with Crippen molar-refractivity contribution in [2.75, 3.05) is 107 Å². The number of nitrogens with zero attached hydrogens (tertiary/aromatic N) is 10. The van der Waals surface area contributed by atoms with Crippen LogP contribution >= 0.6 is 0 Å². The molecule has 0 bridgehead atoms. The molecule has 5 heterocycles. The molecule has 16 atom stereocenters. The normalized spacial score (nSPS) is 23.0. The molecule has 5 aliphatic rings. The molecular weight excluding hydrogens is 1450 g/mol. The number of ether oxygens (including phenoxy) is 5. The molecule has 0 amide bonds. The summed E-state index contributed by atoms with van der Waals surface area (Å²) >= 11 is 0. The number of nitriles is 4. The number of β-amino-alcohol motifs (C(OH)–C–C–N with tert-alkyl or cyclic N) is 1. The van der Waals surface area contributed by atoms with Gasteiger partial charge in [-0.3, -0.25) is 43.8 Å². The Hall–Kier alpha value is -8.97. The summed E-state index contributed by atoms with van der Waals surface area (Å²) in [5.41, 5.74) is 7.60. The van der Waals surface area contributed by atoms with E-state index in [1.165, 1.54) is 40.5 Å². The smallest absolute Gasteiger partial charge is 0.323 e. The van der Waals surface area contributed by atoms with Gasteiger partial charge in [-0.1, -0.05) is 188 Å². The predicted octanol–water partition coefficient (Wildman–Crippen LogP) is 16.4. The third-order valence-electron chi connectivity index (χ3n) is 24.0. The molecular formula is C96H132N10O10. The van der Waals surface area contributed by atoms with E-state index in [2.05, 4.69) is 199 Å². The van der Waals surface area contributed by atoms with Crippen LogP contribution in [0.25, 0.3) is 0 Å². The highest BCUT2D eigenvalue weighted by molar-refractivity contribution is 5.77. The lowest BCUT2D eigenvalue weighted by Gasteiger charge is -2.40.